The number of aliphatic imine (C=N–C) groups is 1. The van der Waals surface area contributed by atoms with E-state index < -0.39 is 0 Å². The number of urea groups is 1. The second kappa shape index (κ2) is 6.88. The van der Waals surface area contributed by atoms with Gasteiger partial charge in [-0.2, -0.15) is 0 Å². The van der Waals surface area contributed by atoms with Gasteiger partial charge in [0.05, 0.1) is 24.4 Å². The summed E-state index contributed by atoms with van der Waals surface area (Å²) in [5.74, 6) is 1.60. The second-order valence-electron chi connectivity index (χ2n) is 7.28. The third-order valence-electron chi connectivity index (χ3n) is 5.21. The number of fused-ring (bicyclic) bond motifs is 3. The van der Waals surface area contributed by atoms with Gasteiger partial charge in [-0.3, -0.25) is 14.8 Å². The molecule has 0 radical (unpaired) electrons. The predicted octanol–water partition coefficient (Wildman–Crippen LogP) is 3.83. The summed E-state index contributed by atoms with van der Waals surface area (Å²) in [7, 11) is 0. The lowest BCUT2D eigenvalue weighted by atomic mass is 10.1. The first-order valence-corrected chi connectivity index (χ1v) is 9.68. The zero-order chi connectivity index (χ0) is 20.0. The number of halogens is 1. The van der Waals surface area contributed by atoms with Gasteiger partial charge >= 0.3 is 6.03 Å². The lowest BCUT2D eigenvalue weighted by Crippen LogP contribution is -2.50. The summed E-state index contributed by atoms with van der Waals surface area (Å²) in [5.41, 5.74) is 2.55. The zero-order valence-electron chi connectivity index (χ0n) is 15.9. The number of anilines is 1. The SMILES string of the molecule is CCCN1C(=O)N2C[C@@H](Cc3ccc(F)cc3)N=C2c2[nH]c(-c3ccoc3)nc21. The number of carbonyl (C=O) groups is 1. The Morgan fingerprint density at radius 2 is 2.10 bits per heavy atom. The van der Waals surface area contributed by atoms with Crippen molar-refractivity contribution in [3.8, 4) is 11.4 Å². The number of amides is 2. The number of H-pyrrole nitrogens is 1. The number of furan rings is 1. The molecule has 29 heavy (non-hydrogen) atoms. The smallest absolute Gasteiger partial charge is 0.331 e. The molecule has 0 fully saturated rings. The van der Waals surface area contributed by atoms with Gasteiger partial charge in [0, 0.05) is 6.54 Å². The lowest BCUT2D eigenvalue weighted by molar-refractivity contribution is 0.226. The van der Waals surface area contributed by atoms with Crippen LogP contribution in [0.1, 0.15) is 24.6 Å². The van der Waals surface area contributed by atoms with Crippen LogP contribution in [0.4, 0.5) is 15.0 Å². The van der Waals surface area contributed by atoms with E-state index in [-0.39, 0.29) is 17.9 Å². The molecule has 1 N–H and O–H groups in total. The first-order valence-electron chi connectivity index (χ1n) is 9.68. The minimum absolute atomic E-state index is 0.0884. The van der Waals surface area contributed by atoms with E-state index in [9.17, 15) is 9.18 Å². The fourth-order valence-electron chi connectivity index (χ4n) is 3.86. The highest BCUT2D eigenvalue weighted by molar-refractivity contribution is 6.18. The molecule has 2 aliphatic rings. The van der Waals surface area contributed by atoms with Gasteiger partial charge in [-0.15, -0.1) is 0 Å². The van der Waals surface area contributed by atoms with Crippen molar-refractivity contribution in [3.63, 3.8) is 0 Å². The van der Waals surface area contributed by atoms with Gasteiger partial charge in [0.25, 0.3) is 0 Å². The lowest BCUT2D eigenvalue weighted by Gasteiger charge is -2.32. The first-order chi connectivity index (χ1) is 14.1. The number of aromatic amines is 1. The molecule has 0 saturated carbocycles. The van der Waals surface area contributed by atoms with Gasteiger partial charge in [-0.1, -0.05) is 19.1 Å². The third kappa shape index (κ3) is 3.00. The number of carbonyl (C=O) groups excluding carboxylic acids is 1. The molecule has 5 rings (SSSR count). The maximum absolute atomic E-state index is 13.2. The summed E-state index contributed by atoms with van der Waals surface area (Å²) in [6, 6.07) is 8.04. The normalized spacial score (nSPS) is 18.1. The predicted molar refractivity (Wildman–Crippen MR) is 106 cm³/mol. The molecule has 0 saturated heterocycles. The minimum atomic E-state index is -0.261. The fourth-order valence-corrected chi connectivity index (χ4v) is 3.86. The summed E-state index contributed by atoms with van der Waals surface area (Å²) in [4.78, 5) is 29.4. The van der Waals surface area contributed by atoms with Gasteiger partial charge < -0.3 is 9.40 Å². The van der Waals surface area contributed by atoms with E-state index in [1.165, 1.54) is 12.1 Å². The van der Waals surface area contributed by atoms with Crippen molar-refractivity contribution in [1.29, 1.82) is 0 Å². The number of benzene rings is 1. The van der Waals surface area contributed by atoms with Crippen LogP contribution in [0.5, 0.6) is 0 Å². The monoisotopic (exact) mass is 393 g/mol. The van der Waals surface area contributed by atoms with Crippen LogP contribution in [0.2, 0.25) is 0 Å². The number of nitrogens with one attached hydrogen (secondary N) is 1. The van der Waals surface area contributed by atoms with Crippen molar-refractivity contribution in [2.75, 3.05) is 18.0 Å². The van der Waals surface area contributed by atoms with E-state index in [2.05, 4.69) is 9.97 Å². The molecule has 0 unspecified atom stereocenters. The van der Waals surface area contributed by atoms with Crippen LogP contribution in [0, 0.1) is 5.82 Å². The van der Waals surface area contributed by atoms with Crippen LogP contribution in [0.25, 0.3) is 11.4 Å². The molecule has 8 heteroatoms. The van der Waals surface area contributed by atoms with E-state index in [0.29, 0.717) is 37.0 Å². The van der Waals surface area contributed by atoms with E-state index >= 15 is 0 Å². The Bertz CT molecular complexity index is 1070. The van der Waals surface area contributed by atoms with Crippen LogP contribution in [-0.2, 0) is 6.42 Å². The Morgan fingerprint density at radius 1 is 1.28 bits per heavy atom. The largest absolute Gasteiger partial charge is 0.472 e. The standard InChI is InChI=1S/C21H20FN5O2/c1-2-8-26-20-17(24-18(25-20)14-7-9-29-12-14)19-23-16(11-27(19)21(26)28)10-13-3-5-15(22)6-4-13/h3-7,9,12,16H,2,8,10-11H2,1H3,(H,24,25)/t16-/m1/s1. The topological polar surface area (TPSA) is 77.7 Å². The van der Waals surface area contributed by atoms with Crippen LogP contribution < -0.4 is 4.90 Å². The van der Waals surface area contributed by atoms with Crippen molar-refractivity contribution >= 4 is 17.7 Å². The molecule has 0 spiro atoms. The summed E-state index contributed by atoms with van der Waals surface area (Å²) in [5, 5.41) is 0. The number of imidazole rings is 1. The van der Waals surface area contributed by atoms with E-state index in [1.807, 2.05) is 13.0 Å². The third-order valence-corrected chi connectivity index (χ3v) is 5.21. The molecule has 0 aliphatic carbocycles. The Labute approximate surface area is 166 Å². The van der Waals surface area contributed by atoms with Gasteiger partial charge in [-0.25, -0.2) is 14.2 Å². The molecule has 2 aliphatic heterocycles. The molecule has 4 heterocycles. The maximum atomic E-state index is 13.2. The molecule has 1 atom stereocenters. The average molecular weight is 393 g/mol. The van der Waals surface area contributed by atoms with Crippen molar-refractivity contribution < 1.29 is 13.6 Å². The zero-order valence-corrected chi connectivity index (χ0v) is 15.9. The van der Waals surface area contributed by atoms with E-state index in [0.717, 1.165) is 23.2 Å². The van der Waals surface area contributed by atoms with Crippen LogP contribution in [0.3, 0.4) is 0 Å². The number of amidine groups is 1. The Morgan fingerprint density at radius 3 is 2.83 bits per heavy atom. The molecule has 3 aromatic rings. The quantitative estimate of drug-likeness (QED) is 0.716. The number of nitrogens with zero attached hydrogens (tertiary/aromatic N) is 4. The number of aromatic nitrogens is 2. The molecule has 2 aromatic heterocycles. The molecule has 2 amide bonds. The van der Waals surface area contributed by atoms with Gasteiger partial charge in [0.15, 0.2) is 11.7 Å². The highest BCUT2D eigenvalue weighted by Gasteiger charge is 2.42. The summed E-state index contributed by atoms with van der Waals surface area (Å²) in [6.07, 6.45) is 4.66. The number of hydrogen-bond acceptors (Lipinski definition) is 4. The van der Waals surface area contributed by atoms with Crippen molar-refractivity contribution in [2.24, 2.45) is 4.99 Å². The minimum Gasteiger partial charge on any atom is -0.472 e. The van der Waals surface area contributed by atoms with Crippen LogP contribution >= 0.6 is 0 Å². The fraction of sp³-hybridized carbons (Fsp3) is 0.286. The highest BCUT2D eigenvalue weighted by Crippen LogP contribution is 2.33. The second-order valence-corrected chi connectivity index (χ2v) is 7.28. The van der Waals surface area contributed by atoms with E-state index in [1.54, 1.807) is 34.5 Å². The van der Waals surface area contributed by atoms with Crippen LogP contribution in [0.15, 0.2) is 52.3 Å². The van der Waals surface area contributed by atoms with Gasteiger partial charge in [0.2, 0.25) is 0 Å². The summed E-state index contributed by atoms with van der Waals surface area (Å²) in [6.45, 7) is 3.10. The van der Waals surface area contributed by atoms with Gasteiger partial charge in [0.1, 0.15) is 23.6 Å². The first kappa shape index (κ1) is 17.7. The number of rotatable bonds is 5. The average Bonchev–Trinajstić information content (AvgIpc) is 3.45. The highest BCUT2D eigenvalue weighted by atomic mass is 19.1. The Balaban J connectivity index is 1.51. The van der Waals surface area contributed by atoms with Gasteiger partial charge in [-0.05, 0) is 36.6 Å². The van der Waals surface area contributed by atoms with E-state index in [4.69, 9.17) is 9.41 Å². The van der Waals surface area contributed by atoms with Crippen molar-refractivity contribution in [1.82, 2.24) is 14.9 Å². The van der Waals surface area contributed by atoms with Crippen LogP contribution in [-0.4, -0.2) is 45.9 Å². The number of hydrogen-bond donors (Lipinski definition) is 1. The molecular weight excluding hydrogens is 373 g/mol. The molecule has 0 bridgehead atoms. The van der Waals surface area contributed by atoms with Crippen molar-refractivity contribution in [3.05, 3.63) is 59.9 Å². The Hall–Kier alpha value is -3.42. The summed E-state index contributed by atoms with van der Waals surface area (Å²) >= 11 is 0. The van der Waals surface area contributed by atoms with Crippen molar-refractivity contribution in [2.45, 2.75) is 25.8 Å². The molecule has 1 aromatic carbocycles. The molecular formula is C21H20FN5O2. The Kier molecular flexibility index (Phi) is 4.19. The maximum Gasteiger partial charge on any atom is 0.331 e. The molecule has 7 nitrogen and oxygen atoms in total. The molecule has 148 valence electrons. The summed E-state index contributed by atoms with van der Waals surface area (Å²) < 4.78 is 18.4.